The fourth-order valence-electron chi connectivity index (χ4n) is 0.912. The van der Waals surface area contributed by atoms with Gasteiger partial charge in [0.15, 0.2) is 0 Å². The van der Waals surface area contributed by atoms with Gasteiger partial charge in [0.1, 0.15) is 0 Å². The molecule has 2 nitrogen and oxygen atoms in total. The van der Waals surface area contributed by atoms with E-state index in [9.17, 15) is 4.21 Å². The fourth-order valence-corrected chi connectivity index (χ4v) is 1.92. The topological polar surface area (TPSA) is 43.1 Å². The highest BCUT2D eigenvalue weighted by atomic mass is 32.2. The zero-order chi connectivity index (χ0) is 9.14. The maximum atomic E-state index is 11.6. The zero-order valence-corrected chi connectivity index (χ0v) is 8.10. The van der Waals surface area contributed by atoms with Crippen LogP contribution in [0.15, 0.2) is 29.2 Å². The largest absolute Gasteiger partial charge is 0.399 e. The minimum absolute atomic E-state index is 0.145. The molecule has 0 radical (unpaired) electrons. The van der Waals surface area contributed by atoms with E-state index < -0.39 is 10.8 Å². The molecule has 12 heavy (non-hydrogen) atoms. The first-order valence-corrected chi connectivity index (χ1v) is 5.08. The van der Waals surface area contributed by atoms with Crippen LogP contribution in [0, 0.1) is 0 Å². The Morgan fingerprint density at radius 3 is 2.58 bits per heavy atom. The molecule has 1 atom stereocenters. The Morgan fingerprint density at radius 2 is 2.08 bits per heavy atom. The van der Waals surface area contributed by atoms with E-state index in [0.29, 0.717) is 5.69 Å². The van der Waals surface area contributed by atoms with Crippen molar-refractivity contribution in [2.45, 2.75) is 24.0 Å². The van der Waals surface area contributed by atoms with Crippen LogP contribution in [0.5, 0.6) is 0 Å². The van der Waals surface area contributed by atoms with Crippen LogP contribution in [0.25, 0.3) is 0 Å². The molecular weight excluding hydrogens is 170 g/mol. The summed E-state index contributed by atoms with van der Waals surface area (Å²) in [6.45, 7) is 3.86. The number of hydrogen-bond donors (Lipinski definition) is 1. The van der Waals surface area contributed by atoms with Crippen molar-refractivity contribution in [3.8, 4) is 0 Å². The molecule has 66 valence electrons. The second-order valence-corrected chi connectivity index (χ2v) is 4.93. The predicted molar refractivity (Wildman–Crippen MR) is 52.4 cm³/mol. The van der Waals surface area contributed by atoms with Crippen molar-refractivity contribution >= 4 is 16.5 Å². The maximum absolute atomic E-state index is 11.6. The van der Waals surface area contributed by atoms with Crippen molar-refractivity contribution in [2.75, 3.05) is 5.73 Å². The molecule has 1 unspecified atom stereocenters. The van der Waals surface area contributed by atoms with E-state index in [1.54, 1.807) is 12.1 Å². The quantitative estimate of drug-likeness (QED) is 0.710. The van der Waals surface area contributed by atoms with Gasteiger partial charge in [0, 0.05) is 15.8 Å². The Morgan fingerprint density at radius 1 is 1.42 bits per heavy atom. The molecule has 0 saturated carbocycles. The van der Waals surface area contributed by atoms with Crippen molar-refractivity contribution in [3.63, 3.8) is 0 Å². The maximum Gasteiger partial charge on any atom is 0.0555 e. The summed E-state index contributed by atoms with van der Waals surface area (Å²) in [7, 11) is -0.925. The number of nitrogens with two attached hydrogens (primary N) is 1. The second kappa shape index (κ2) is 3.72. The Bertz CT molecular complexity index is 296. The molecule has 0 aromatic heterocycles. The van der Waals surface area contributed by atoms with Crippen molar-refractivity contribution < 1.29 is 4.21 Å². The SMILES string of the molecule is CC(C)S(=O)c1cccc(N)c1. The van der Waals surface area contributed by atoms with Gasteiger partial charge < -0.3 is 5.73 Å². The third-order valence-corrected chi connectivity index (χ3v) is 3.09. The number of rotatable bonds is 2. The van der Waals surface area contributed by atoms with Crippen LogP contribution in [0.3, 0.4) is 0 Å². The van der Waals surface area contributed by atoms with E-state index in [0.717, 1.165) is 4.90 Å². The monoisotopic (exact) mass is 183 g/mol. The van der Waals surface area contributed by atoms with Crippen LogP contribution in [-0.4, -0.2) is 9.46 Å². The lowest BCUT2D eigenvalue weighted by atomic mass is 10.3. The molecule has 0 amide bonds. The van der Waals surface area contributed by atoms with Gasteiger partial charge in [-0.3, -0.25) is 4.21 Å². The van der Waals surface area contributed by atoms with Gasteiger partial charge in [0.25, 0.3) is 0 Å². The summed E-state index contributed by atoms with van der Waals surface area (Å²) in [4.78, 5) is 0.810. The lowest BCUT2D eigenvalue weighted by Crippen LogP contribution is -2.05. The molecule has 0 heterocycles. The highest BCUT2D eigenvalue weighted by Gasteiger charge is 2.07. The normalized spacial score (nSPS) is 13.2. The molecule has 0 aliphatic heterocycles. The fraction of sp³-hybridized carbons (Fsp3) is 0.333. The van der Waals surface area contributed by atoms with Crippen molar-refractivity contribution in [3.05, 3.63) is 24.3 Å². The van der Waals surface area contributed by atoms with Crippen LogP contribution < -0.4 is 5.73 Å². The molecule has 1 rings (SSSR count). The summed E-state index contributed by atoms with van der Waals surface area (Å²) in [5, 5.41) is 0.145. The summed E-state index contributed by atoms with van der Waals surface area (Å²) in [6, 6.07) is 7.22. The summed E-state index contributed by atoms with van der Waals surface area (Å²) in [5.41, 5.74) is 6.23. The van der Waals surface area contributed by atoms with Gasteiger partial charge in [-0.2, -0.15) is 0 Å². The number of hydrogen-bond acceptors (Lipinski definition) is 2. The number of nitrogen functional groups attached to an aromatic ring is 1. The van der Waals surface area contributed by atoms with Gasteiger partial charge in [-0.1, -0.05) is 19.9 Å². The van der Waals surface area contributed by atoms with Crippen LogP contribution in [-0.2, 0) is 10.8 Å². The van der Waals surface area contributed by atoms with Gasteiger partial charge in [-0.25, -0.2) is 0 Å². The minimum Gasteiger partial charge on any atom is -0.399 e. The van der Waals surface area contributed by atoms with Crippen LogP contribution in [0.1, 0.15) is 13.8 Å². The average Bonchev–Trinajstić information content (AvgIpc) is 2.03. The Hall–Kier alpha value is -0.830. The van der Waals surface area contributed by atoms with E-state index in [1.807, 2.05) is 26.0 Å². The molecule has 0 aliphatic carbocycles. The van der Waals surface area contributed by atoms with E-state index >= 15 is 0 Å². The third-order valence-electron chi connectivity index (χ3n) is 1.52. The third kappa shape index (κ3) is 2.08. The lowest BCUT2D eigenvalue weighted by Gasteiger charge is -2.05. The van der Waals surface area contributed by atoms with Crippen LogP contribution in [0.2, 0.25) is 0 Å². The standard InChI is InChI=1S/C9H13NOS/c1-7(2)12(11)9-5-3-4-8(10)6-9/h3-7H,10H2,1-2H3. The van der Waals surface area contributed by atoms with E-state index in [-0.39, 0.29) is 5.25 Å². The molecule has 2 N–H and O–H groups in total. The average molecular weight is 183 g/mol. The van der Waals surface area contributed by atoms with E-state index in [1.165, 1.54) is 0 Å². The molecule has 1 aromatic carbocycles. The van der Waals surface area contributed by atoms with Gasteiger partial charge in [0.05, 0.1) is 10.8 Å². The van der Waals surface area contributed by atoms with Crippen molar-refractivity contribution in [1.82, 2.24) is 0 Å². The molecule has 0 spiro atoms. The molecule has 0 aliphatic rings. The first-order valence-electron chi connectivity index (χ1n) is 3.87. The lowest BCUT2D eigenvalue weighted by molar-refractivity contribution is 0.677. The van der Waals surface area contributed by atoms with Gasteiger partial charge in [0.2, 0.25) is 0 Å². The number of anilines is 1. The van der Waals surface area contributed by atoms with Crippen molar-refractivity contribution in [1.29, 1.82) is 0 Å². The van der Waals surface area contributed by atoms with Gasteiger partial charge in [-0.05, 0) is 18.2 Å². The highest BCUT2D eigenvalue weighted by molar-refractivity contribution is 7.85. The van der Waals surface area contributed by atoms with E-state index in [2.05, 4.69) is 0 Å². The zero-order valence-electron chi connectivity index (χ0n) is 7.28. The minimum atomic E-state index is -0.925. The smallest absolute Gasteiger partial charge is 0.0555 e. The van der Waals surface area contributed by atoms with Gasteiger partial charge in [-0.15, -0.1) is 0 Å². The predicted octanol–water partition coefficient (Wildman–Crippen LogP) is 1.78. The Balaban J connectivity index is 2.96. The van der Waals surface area contributed by atoms with Crippen LogP contribution >= 0.6 is 0 Å². The Labute approximate surface area is 75.2 Å². The van der Waals surface area contributed by atoms with E-state index in [4.69, 9.17) is 5.73 Å². The highest BCUT2D eigenvalue weighted by Crippen LogP contribution is 2.13. The Kier molecular flexibility index (Phi) is 2.87. The first kappa shape index (κ1) is 9.26. The molecule has 0 bridgehead atoms. The van der Waals surface area contributed by atoms with Crippen molar-refractivity contribution in [2.24, 2.45) is 0 Å². The molecule has 0 fully saturated rings. The second-order valence-electron chi connectivity index (χ2n) is 2.92. The first-order chi connectivity index (χ1) is 5.61. The van der Waals surface area contributed by atoms with Crippen LogP contribution in [0.4, 0.5) is 5.69 Å². The summed E-state index contributed by atoms with van der Waals surface area (Å²) in [6.07, 6.45) is 0. The van der Waals surface area contributed by atoms with Gasteiger partial charge >= 0.3 is 0 Å². The number of benzene rings is 1. The summed E-state index contributed by atoms with van der Waals surface area (Å²) in [5.74, 6) is 0. The molecule has 3 heteroatoms. The molecule has 1 aromatic rings. The molecule has 0 saturated heterocycles. The molecular formula is C9H13NOS. The summed E-state index contributed by atoms with van der Waals surface area (Å²) < 4.78 is 11.6. The summed E-state index contributed by atoms with van der Waals surface area (Å²) >= 11 is 0.